The molecule has 1 atom stereocenters. The highest BCUT2D eigenvalue weighted by Gasteiger charge is 2.15. The fourth-order valence-corrected chi connectivity index (χ4v) is 1.72. The summed E-state index contributed by atoms with van der Waals surface area (Å²) in [7, 11) is 0. The molecule has 2 aromatic heterocycles. The highest BCUT2D eigenvalue weighted by Crippen LogP contribution is 2.15. The van der Waals surface area contributed by atoms with E-state index in [4.69, 9.17) is 8.83 Å². The second-order valence-corrected chi connectivity index (χ2v) is 4.11. The maximum absolute atomic E-state index is 11.8. The Labute approximate surface area is 104 Å². The van der Waals surface area contributed by atoms with Crippen molar-refractivity contribution in [1.82, 2.24) is 5.32 Å². The average molecular weight is 249 g/mol. The molecule has 0 aromatic carbocycles. The SMILES string of the molecule is Cc1cc(C(=O)NCC(O)c2ccoc2)c(C)o1. The molecule has 18 heavy (non-hydrogen) atoms. The lowest BCUT2D eigenvalue weighted by Crippen LogP contribution is -2.28. The van der Waals surface area contributed by atoms with Gasteiger partial charge in [-0.25, -0.2) is 0 Å². The molecule has 2 heterocycles. The van der Waals surface area contributed by atoms with E-state index in [0.29, 0.717) is 22.6 Å². The maximum atomic E-state index is 11.8. The van der Waals surface area contributed by atoms with Gasteiger partial charge in [0.15, 0.2) is 0 Å². The third-order valence-electron chi connectivity index (χ3n) is 2.67. The number of aryl methyl sites for hydroxylation is 2. The Hall–Kier alpha value is -2.01. The average Bonchev–Trinajstić information content (AvgIpc) is 2.95. The zero-order chi connectivity index (χ0) is 13.1. The second-order valence-electron chi connectivity index (χ2n) is 4.11. The van der Waals surface area contributed by atoms with Crippen LogP contribution in [0.25, 0.3) is 0 Å². The van der Waals surface area contributed by atoms with Gasteiger partial charge in [-0.15, -0.1) is 0 Å². The van der Waals surface area contributed by atoms with Crippen molar-refractivity contribution in [2.75, 3.05) is 6.54 Å². The van der Waals surface area contributed by atoms with Gasteiger partial charge >= 0.3 is 0 Å². The molecule has 5 nitrogen and oxygen atoms in total. The number of hydrogen-bond donors (Lipinski definition) is 2. The minimum Gasteiger partial charge on any atom is -0.472 e. The van der Waals surface area contributed by atoms with Crippen LogP contribution in [0.1, 0.15) is 33.5 Å². The van der Waals surface area contributed by atoms with E-state index < -0.39 is 6.10 Å². The van der Waals surface area contributed by atoms with Crippen molar-refractivity contribution in [2.24, 2.45) is 0 Å². The van der Waals surface area contributed by atoms with E-state index in [0.717, 1.165) is 0 Å². The van der Waals surface area contributed by atoms with Gasteiger partial charge in [0.25, 0.3) is 5.91 Å². The third kappa shape index (κ3) is 2.62. The highest BCUT2D eigenvalue weighted by molar-refractivity contribution is 5.95. The van der Waals surface area contributed by atoms with Gasteiger partial charge in [-0.1, -0.05) is 0 Å². The largest absolute Gasteiger partial charge is 0.472 e. The predicted molar refractivity (Wildman–Crippen MR) is 64.2 cm³/mol. The third-order valence-corrected chi connectivity index (χ3v) is 2.67. The van der Waals surface area contributed by atoms with E-state index >= 15 is 0 Å². The van der Waals surface area contributed by atoms with Crippen LogP contribution in [0.2, 0.25) is 0 Å². The van der Waals surface area contributed by atoms with Crippen LogP contribution in [0.15, 0.2) is 33.5 Å². The molecule has 0 aliphatic carbocycles. The second kappa shape index (κ2) is 5.10. The quantitative estimate of drug-likeness (QED) is 0.868. The molecule has 1 unspecified atom stereocenters. The standard InChI is InChI=1S/C13H15NO4/c1-8-5-11(9(2)18-8)13(16)14-6-12(15)10-3-4-17-7-10/h3-5,7,12,15H,6H2,1-2H3,(H,14,16). The summed E-state index contributed by atoms with van der Waals surface area (Å²) in [5, 5.41) is 12.4. The van der Waals surface area contributed by atoms with Crippen LogP contribution in [0.3, 0.4) is 0 Å². The number of hydrogen-bond acceptors (Lipinski definition) is 4. The molecule has 1 amide bonds. The molecule has 0 bridgehead atoms. The molecule has 96 valence electrons. The molecule has 0 saturated heterocycles. The number of carbonyl (C=O) groups is 1. The van der Waals surface area contributed by atoms with Crippen molar-refractivity contribution in [3.63, 3.8) is 0 Å². The predicted octanol–water partition coefficient (Wildman–Crippen LogP) is 1.95. The van der Waals surface area contributed by atoms with E-state index in [2.05, 4.69) is 5.32 Å². The number of carbonyl (C=O) groups excluding carboxylic acids is 1. The first-order chi connectivity index (χ1) is 8.58. The van der Waals surface area contributed by atoms with Gasteiger partial charge in [0.1, 0.15) is 11.5 Å². The van der Waals surface area contributed by atoms with E-state index in [1.165, 1.54) is 12.5 Å². The summed E-state index contributed by atoms with van der Waals surface area (Å²) < 4.78 is 10.1. The maximum Gasteiger partial charge on any atom is 0.254 e. The first-order valence-electron chi connectivity index (χ1n) is 5.63. The van der Waals surface area contributed by atoms with E-state index in [1.54, 1.807) is 26.0 Å². The van der Waals surface area contributed by atoms with Gasteiger partial charge in [-0.2, -0.15) is 0 Å². The van der Waals surface area contributed by atoms with E-state index in [1.807, 2.05) is 0 Å². The molecule has 0 aliphatic rings. The smallest absolute Gasteiger partial charge is 0.254 e. The summed E-state index contributed by atoms with van der Waals surface area (Å²) in [5.41, 5.74) is 1.13. The number of amides is 1. The fourth-order valence-electron chi connectivity index (χ4n) is 1.72. The number of aliphatic hydroxyl groups is 1. The molecule has 0 fully saturated rings. The Morgan fingerprint density at radius 3 is 2.83 bits per heavy atom. The Balaban J connectivity index is 1.94. The summed E-state index contributed by atoms with van der Waals surface area (Å²) in [5.74, 6) is 1.00. The molecule has 5 heteroatoms. The highest BCUT2D eigenvalue weighted by atomic mass is 16.3. The van der Waals surface area contributed by atoms with Crippen molar-refractivity contribution in [3.05, 3.63) is 47.3 Å². The molecule has 2 aromatic rings. The van der Waals surface area contributed by atoms with Crippen LogP contribution in [-0.4, -0.2) is 17.6 Å². The lowest BCUT2D eigenvalue weighted by molar-refractivity contribution is 0.0914. The van der Waals surface area contributed by atoms with Gasteiger partial charge in [0.2, 0.25) is 0 Å². The van der Waals surface area contributed by atoms with Crippen LogP contribution in [0.4, 0.5) is 0 Å². The normalized spacial score (nSPS) is 12.4. The van der Waals surface area contributed by atoms with E-state index in [-0.39, 0.29) is 12.5 Å². The number of aliphatic hydroxyl groups excluding tert-OH is 1. The van der Waals surface area contributed by atoms with Gasteiger partial charge in [-0.3, -0.25) is 4.79 Å². The number of nitrogens with one attached hydrogen (secondary N) is 1. The Morgan fingerprint density at radius 2 is 2.28 bits per heavy atom. The Morgan fingerprint density at radius 1 is 1.50 bits per heavy atom. The molecule has 0 saturated carbocycles. The summed E-state index contributed by atoms with van der Waals surface area (Å²) in [6.07, 6.45) is 2.15. The summed E-state index contributed by atoms with van der Waals surface area (Å²) in [6, 6.07) is 3.33. The fraction of sp³-hybridized carbons (Fsp3) is 0.308. The summed E-state index contributed by atoms with van der Waals surface area (Å²) in [4.78, 5) is 11.8. The summed E-state index contributed by atoms with van der Waals surface area (Å²) in [6.45, 7) is 3.64. The molecular formula is C13H15NO4. The zero-order valence-corrected chi connectivity index (χ0v) is 10.3. The molecular weight excluding hydrogens is 234 g/mol. The van der Waals surface area contributed by atoms with E-state index in [9.17, 15) is 9.90 Å². The minimum absolute atomic E-state index is 0.127. The monoisotopic (exact) mass is 249 g/mol. The van der Waals surface area contributed by atoms with Crippen molar-refractivity contribution < 1.29 is 18.7 Å². The number of rotatable bonds is 4. The Kier molecular flexibility index (Phi) is 3.53. The lowest BCUT2D eigenvalue weighted by Gasteiger charge is -2.09. The summed E-state index contributed by atoms with van der Waals surface area (Å²) >= 11 is 0. The molecule has 0 spiro atoms. The van der Waals surface area contributed by atoms with Crippen molar-refractivity contribution in [3.8, 4) is 0 Å². The van der Waals surface area contributed by atoms with Gasteiger partial charge in [-0.05, 0) is 26.0 Å². The van der Waals surface area contributed by atoms with Gasteiger partial charge in [0.05, 0.1) is 24.2 Å². The topological polar surface area (TPSA) is 75.6 Å². The minimum atomic E-state index is -0.777. The lowest BCUT2D eigenvalue weighted by atomic mass is 10.2. The van der Waals surface area contributed by atoms with Crippen molar-refractivity contribution >= 4 is 5.91 Å². The molecule has 0 radical (unpaired) electrons. The van der Waals surface area contributed by atoms with Crippen LogP contribution in [-0.2, 0) is 0 Å². The van der Waals surface area contributed by atoms with Crippen LogP contribution >= 0.6 is 0 Å². The van der Waals surface area contributed by atoms with Gasteiger partial charge < -0.3 is 19.3 Å². The Bertz CT molecular complexity index is 527. The zero-order valence-electron chi connectivity index (χ0n) is 10.3. The van der Waals surface area contributed by atoms with Crippen LogP contribution in [0, 0.1) is 13.8 Å². The van der Waals surface area contributed by atoms with Crippen LogP contribution in [0.5, 0.6) is 0 Å². The van der Waals surface area contributed by atoms with Crippen LogP contribution < -0.4 is 5.32 Å². The van der Waals surface area contributed by atoms with Gasteiger partial charge in [0, 0.05) is 12.1 Å². The molecule has 2 rings (SSSR count). The van der Waals surface area contributed by atoms with Crippen molar-refractivity contribution in [1.29, 1.82) is 0 Å². The first kappa shape index (κ1) is 12.4. The molecule has 2 N–H and O–H groups in total. The van der Waals surface area contributed by atoms with Crippen molar-refractivity contribution in [2.45, 2.75) is 20.0 Å². The number of furan rings is 2. The molecule has 0 aliphatic heterocycles. The first-order valence-corrected chi connectivity index (χ1v) is 5.63.